The number of benzene rings is 2. The fourth-order valence-corrected chi connectivity index (χ4v) is 4.38. The maximum absolute atomic E-state index is 12.7. The molecule has 2 aromatic rings. The third-order valence-corrected chi connectivity index (χ3v) is 6.43. The molecule has 3 aliphatic heterocycles. The fraction of sp³-hybridized carbons (Fsp3) is 0.375. The minimum absolute atomic E-state index is 0.249. The van der Waals surface area contributed by atoms with Gasteiger partial charge in [-0.25, -0.2) is 0 Å². The molecule has 3 heterocycles. The zero-order chi connectivity index (χ0) is 22.9. The number of aliphatic hydroxyl groups excluding tert-OH is 1. The van der Waals surface area contributed by atoms with Gasteiger partial charge in [0.05, 0.1) is 12.6 Å². The third-order valence-electron chi connectivity index (χ3n) is 6.43. The summed E-state index contributed by atoms with van der Waals surface area (Å²) >= 11 is 0. The summed E-state index contributed by atoms with van der Waals surface area (Å²) in [6, 6.07) is 11.8. The highest BCUT2D eigenvalue weighted by Gasteiger charge is 2.39. The van der Waals surface area contributed by atoms with E-state index in [9.17, 15) is 19.5 Å². The molecule has 9 nitrogen and oxygen atoms in total. The maximum atomic E-state index is 12.7. The van der Waals surface area contributed by atoms with Gasteiger partial charge in [-0.15, -0.1) is 0 Å². The minimum Gasteiger partial charge on any atom is -0.493 e. The molecule has 5 rings (SSSR count). The highest BCUT2D eigenvalue weighted by atomic mass is 16.5. The number of hydrogen-bond donors (Lipinski definition) is 4. The molecule has 0 bridgehead atoms. The number of rotatable bonds is 6. The van der Waals surface area contributed by atoms with Gasteiger partial charge in [-0.1, -0.05) is 6.07 Å². The molecule has 0 spiro atoms. The van der Waals surface area contributed by atoms with Crippen LogP contribution in [0, 0.1) is 5.92 Å². The van der Waals surface area contributed by atoms with Gasteiger partial charge in [-0.3, -0.25) is 24.6 Å². The summed E-state index contributed by atoms with van der Waals surface area (Å²) in [6.07, 6.45) is -0.363. The molecule has 9 heteroatoms. The van der Waals surface area contributed by atoms with Crippen molar-refractivity contribution in [3.8, 4) is 5.75 Å². The van der Waals surface area contributed by atoms with E-state index in [2.05, 4.69) is 16.0 Å². The molecule has 2 saturated heterocycles. The lowest BCUT2D eigenvalue weighted by atomic mass is 10.0. The van der Waals surface area contributed by atoms with Gasteiger partial charge in [0.15, 0.2) is 0 Å². The topological polar surface area (TPSA) is 120 Å². The number of anilines is 1. The number of piperidine rings is 1. The Morgan fingerprint density at radius 3 is 2.64 bits per heavy atom. The predicted octanol–water partition coefficient (Wildman–Crippen LogP) is 1.15. The molecule has 2 fully saturated rings. The highest BCUT2D eigenvalue weighted by Crippen LogP contribution is 2.36. The average molecular weight is 450 g/mol. The Morgan fingerprint density at radius 1 is 1.15 bits per heavy atom. The SMILES string of the molecule is O=C1CCC(N2Cc3ccc(NC(=O)c4ccc(OCC5CNC5)cc4)cc3C2O)C(=O)N1. The first kappa shape index (κ1) is 21.6. The summed E-state index contributed by atoms with van der Waals surface area (Å²) in [7, 11) is 0. The number of ether oxygens (including phenoxy) is 1. The average Bonchev–Trinajstić information content (AvgIpc) is 3.09. The fourth-order valence-electron chi connectivity index (χ4n) is 4.38. The standard InChI is InChI=1S/C24H26N4O5/c29-21-8-7-20(23(31)27-21)28-12-16-1-4-17(9-19(16)24(28)32)26-22(30)15-2-5-18(6-3-15)33-13-14-10-25-11-14/h1-6,9,14,20,24-25,32H,7-8,10-13H2,(H,26,30)(H,27,29,31). The van der Waals surface area contributed by atoms with Gasteiger partial charge in [0, 0.05) is 48.8 Å². The zero-order valence-electron chi connectivity index (χ0n) is 18.0. The van der Waals surface area contributed by atoms with Crippen molar-refractivity contribution in [1.82, 2.24) is 15.5 Å². The largest absolute Gasteiger partial charge is 0.493 e. The Labute approximate surface area is 191 Å². The second kappa shape index (κ2) is 8.93. The summed E-state index contributed by atoms with van der Waals surface area (Å²) in [5, 5.41) is 19.2. The van der Waals surface area contributed by atoms with E-state index in [1.807, 2.05) is 6.07 Å². The number of amides is 3. The van der Waals surface area contributed by atoms with Gasteiger partial charge in [-0.05, 0) is 48.4 Å². The molecular formula is C24H26N4O5. The number of aliphatic hydroxyl groups is 1. The van der Waals surface area contributed by atoms with Crippen molar-refractivity contribution in [2.75, 3.05) is 25.0 Å². The first-order chi connectivity index (χ1) is 16.0. The molecule has 172 valence electrons. The molecule has 33 heavy (non-hydrogen) atoms. The Hall–Kier alpha value is -3.27. The molecular weight excluding hydrogens is 424 g/mol. The van der Waals surface area contributed by atoms with Gasteiger partial charge in [0.1, 0.15) is 12.0 Å². The number of carbonyl (C=O) groups excluding carboxylic acids is 3. The lowest BCUT2D eigenvalue weighted by molar-refractivity contribution is -0.141. The van der Waals surface area contributed by atoms with Crippen molar-refractivity contribution >= 4 is 23.4 Å². The lowest BCUT2D eigenvalue weighted by Crippen LogP contribution is -2.51. The normalized spacial score (nSPS) is 22.9. The predicted molar refractivity (Wildman–Crippen MR) is 119 cm³/mol. The van der Waals surface area contributed by atoms with Crippen LogP contribution in [-0.4, -0.2) is 53.5 Å². The molecule has 4 N–H and O–H groups in total. The summed E-state index contributed by atoms with van der Waals surface area (Å²) in [6.45, 7) is 3.00. The molecule has 2 atom stereocenters. The van der Waals surface area contributed by atoms with E-state index in [0.29, 0.717) is 42.3 Å². The number of hydrogen-bond acceptors (Lipinski definition) is 7. The first-order valence-electron chi connectivity index (χ1n) is 11.1. The van der Waals surface area contributed by atoms with Crippen LogP contribution >= 0.6 is 0 Å². The Morgan fingerprint density at radius 2 is 1.94 bits per heavy atom. The van der Waals surface area contributed by atoms with Crippen molar-refractivity contribution in [3.05, 3.63) is 59.2 Å². The second-order valence-electron chi connectivity index (χ2n) is 8.74. The molecule has 2 unspecified atom stereocenters. The van der Waals surface area contributed by atoms with E-state index in [1.165, 1.54) is 0 Å². The Balaban J connectivity index is 1.22. The van der Waals surface area contributed by atoms with Crippen LogP contribution in [0.5, 0.6) is 5.75 Å². The molecule has 3 amide bonds. The number of fused-ring (bicyclic) bond motifs is 1. The van der Waals surface area contributed by atoms with E-state index in [-0.39, 0.29) is 24.1 Å². The number of imide groups is 1. The summed E-state index contributed by atoms with van der Waals surface area (Å²) in [4.78, 5) is 38.0. The Kier molecular flexibility index (Phi) is 5.84. The lowest BCUT2D eigenvalue weighted by Gasteiger charge is -2.31. The minimum atomic E-state index is -0.983. The molecule has 2 aromatic carbocycles. The van der Waals surface area contributed by atoms with Crippen LogP contribution in [0.25, 0.3) is 0 Å². The quantitative estimate of drug-likeness (QED) is 0.488. The van der Waals surface area contributed by atoms with Gasteiger partial charge in [0.2, 0.25) is 11.8 Å². The molecule has 0 radical (unpaired) electrons. The smallest absolute Gasteiger partial charge is 0.255 e. The molecule has 0 saturated carbocycles. The maximum Gasteiger partial charge on any atom is 0.255 e. The van der Waals surface area contributed by atoms with Crippen molar-refractivity contribution in [2.24, 2.45) is 5.92 Å². The van der Waals surface area contributed by atoms with Crippen molar-refractivity contribution in [3.63, 3.8) is 0 Å². The molecule has 3 aliphatic rings. The monoisotopic (exact) mass is 450 g/mol. The van der Waals surface area contributed by atoms with Crippen molar-refractivity contribution in [1.29, 1.82) is 0 Å². The van der Waals surface area contributed by atoms with Gasteiger partial charge < -0.3 is 20.5 Å². The van der Waals surface area contributed by atoms with Crippen LogP contribution < -0.4 is 20.7 Å². The van der Waals surface area contributed by atoms with Crippen molar-refractivity contribution in [2.45, 2.75) is 31.7 Å². The molecule has 0 aliphatic carbocycles. The summed E-state index contributed by atoms with van der Waals surface area (Å²) < 4.78 is 5.75. The first-order valence-corrected chi connectivity index (χ1v) is 11.1. The van der Waals surface area contributed by atoms with E-state index in [0.717, 1.165) is 24.4 Å². The highest BCUT2D eigenvalue weighted by molar-refractivity contribution is 6.04. The van der Waals surface area contributed by atoms with Gasteiger partial charge in [-0.2, -0.15) is 0 Å². The van der Waals surface area contributed by atoms with Crippen LogP contribution in [0.2, 0.25) is 0 Å². The second-order valence-corrected chi connectivity index (χ2v) is 8.74. The third kappa shape index (κ3) is 4.47. The summed E-state index contributed by atoms with van der Waals surface area (Å²) in [5.74, 6) is 0.326. The zero-order valence-corrected chi connectivity index (χ0v) is 18.0. The number of nitrogens with one attached hydrogen (secondary N) is 3. The van der Waals surface area contributed by atoms with Crippen LogP contribution in [-0.2, 0) is 16.1 Å². The van der Waals surface area contributed by atoms with Crippen LogP contribution in [0.1, 0.15) is 40.6 Å². The van der Waals surface area contributed by atoms with Gasteiger partial charge in [0.25, 0.3) is 5.91 Å². The van der Waals surface area contributed by atoms with Crippen LogP contribution in [0.3, 0.4) is 0 Å². The Bertz CT molecular complexity index is 1080. The van der Waals surface area contributed by atoms with Crippen molar-refractivity contribution < 1.29 is 24.2 Å². The summed E-state index contributed by atoms with van der Waals surface area (Å²) in [5.41, 5.74) is 2.58. The van der Waals surface area contributed by atoms with E-state index in [4.69, 9.17) is 4.74 Å². The van der Waals surface area contributed by atoms with Crippen LogP contribution in [0.15, 0.2) is 42.5 Å². The van der Waals surface area contributed by atoms with E-state index < -0.39 is 12.3 Å². The molecule has 0 aromatic heterocycles. The number of nitrogens with zero attached hydrogens (tertiary/aromatic N) is 1. The van der Waals surface area contributed by atoms with E-state index >= 15 is 0 Å². The van der Waals surface area contributed by atoms with Gasteiger partial charge >= 0.3 is 0 Å². The van der Waals surface area contributed by atoms with Crippen LogP contribution in [0.4, 0.5) is 5.69 Å². The van der Waals surface area contributed by atoms with E-state index in [1.54, 1.807) is 41.3 Å². The number of carbonyl (C=O) groups is 3.